The molecule has 0 spiro atoms. The second-order valence-electron chi connectivity index (χ2n) is 12.6. The van der Waals surface area contributed by atoms with Gasteiger partial charge in [0.15, 0.2) is 5.84 Å². The molecule has 2 atom stereocenters. The zero-order valence-corrected chi connectivity index (χ0v) is 27.8. The highest BCUT2D eigenvalue weighted by molar-refractivity contribution is 7.20. The number of rotatable bonds is 7. The van der Waals surface area contributed by atoms with E-state index in [1.165, 1.54) is 42.8 Å². The summed E-state index contributed by atoms with van der Waals surface area (Å²) in [6, 6.07) is 47.3. The second-order valence-corrected chi connectivity index (χ2v) is 13.7. The number of benzene rings is 5. The molecular formula is C45H36N2S. The fraction of sp³-hybridized carbons (Fsp3) is 0.111. The molecule has 5 aromatic carbocycles. The van der Waals surface area contributed by atoms with Crippen LogP contribution in [0.25, 0.3) is 26.8 Å². The summed E-state index contributed by atoms with van der Waals surface area (Å²) in [5, 5.41) is 1.34. The molecule has 0 amide bonds. The lowest BCUT2D eigenvalue weighted by atomic mass is 9.83. The van der Waals surface area contributed by atoms with Gasteiger partial charge in [-0.05, 0) is 63.8 Å². The molecule has 1 aromatic heterocycles. The van der Waals surface area contributed by atoms with Gasteiger partial charge >= 0.3 is 0 Å². The molecule has 0 saturated heterocycles. The van der Waals surface area contributed by atoms with E-state index in [4.69, 9.17) is 9.98 Å². The summed E-state index contributed by atoms with van der Waals surface area (Å²) >= 11 is 1.86. The number of amidine groups is 1. The Labute approximate surface area is 286 Å². The molecule has 1 aliphatic carbocycles. The third kappa shape index (κ3) is 5.83. The zero-order chi connectivity index (χ0) is 32.5. The standard InChI is InChI=1S/C45H36N2S/c1-30-13-9-10-18-38(30)43-39-19-11-12-20-42(39)48-44(43)31(2)32-21-25-35(26-22-32)40-29-41(47-45(46-40)37-16-7-4-8-17-37)36-27-23-34(24-28-36)33-14-5-3-6-15-33/h3-17,19-28,38,41H,2,18,29H2,1H3. The minimum atomic E-state index is -0.0193. The van der Waals surface area contributed by atoms with Gasteiger partial charge in [-0.25, -0.2) is 4.99 Å². The molecule has 0 saturated carbocycles. The van der Waals surface area contributed by atoms with Crippen molar-refractivity contribution in [3.63, 3.8) is 0 Å². The van der Waals surface area contributed by atoms with Crippen LogP contribution >= 0.6 is 11.3 Å². The van der Waals surface area contributed by atoms with Crippen LogP contribution in [0.2, 0.25) is 0 Å². The minimum absolute atomic E-state index is 0.0193. The molecule has 1 aliphatic heterocycles. The molecule has 2 nitrogen and oxygen atoms in total. The van der Waals surface area contributed by atoms with E-state index in [0.717, 1.165) is 46.7 Å². The van der Waals surface area contributed by atoms with Gasteiger partial charge in [0.25, 0.3) is 0 Å². The quantitative estimate of drug-likeness (QED) is 0.167. The van der Waals surface area contributed by atoms with Crippen LogP contribution in [0, 0.1) is 0 Å². The van der Waals surface area contributed by atoms with Crippen molar-refractivity contribution in [1.82, 2.24) is 0 Å². The summed E-state index contributed by atoms with van der Waals surface area (Å²) < 4.78 is 1.31. The van der Waals surface area contributed by atoms with E-state index >= 15 is 0 Å². The summed E-state index contributed by atoms with van der Waals surface area (Å²) in [6.07, 6.45) is 8.48. The van der Waals surface area contributed by atoms with E-state index in [0.29, 0.717) is 5.92 Å². The van der Waals surface area contributed by atoms with Gasteiger partial charge in [-0.1, -0.05) is 158 Å². The van der Waals surface area contributed by atoms with Crippen molar-refractivity contribution in [1.29, 1.82) is 0 Å². The molecule has 48 heavy (non-hydrogen) atoms. The third-order valence-electron chi connectivity index (χ3n) is 9.58. The molecule has 6 aromatic rings. The van der Waals surface area contributed by atoms with Crippen molar-refractivity contribution in [2.24, 2.45) is 9.98 Å². The molecule has 8 rings (SSSR count). The van der Waals surface area contributed by atoms with Crippen molar-refractivity contribution in [2.75, 3.05) is 0 Å². The van der Waals surface area contributed by atoms with E-state index < -0.39 is 0 Å². The van der Waals surface area contributed by atoms with Gasteiger partial charge in [0.05, 0.1) is 11.8 Å². The number of aliphatic imine (C=N–C) groups is 2. The van der Waals surface area contributed by atoms with Gasteiger partial charge < -0.3 is 0 Å². The summed E-state index contributed by atoms with van der Waals surface area (Å²) in [5.41, 5.74) is 11.9. The smallest absolute Gasteiger partial charge is 0.155 e. The first-order chi connectivity index (χ1) is 23.6. The zero-order valence-electron chi connectivity index (χ0n) is 27.0. The topological polar surface area (TPSA) is 24.7 Å². The molecule has 2 aliphatic rings. The van der Waals surface area contributed by atoms with Gasteiger partial charge in [0.2, 0.25) is 0 Å². The monoisotopic (exact) mass is 636 g/mol. The normalized spacial score (nSPS) is 17.5. The fourth-order valence-electron chi connectivity index (χ4n) is 6.92. The Morgan fingerprint density at radius 2 is 1.35 bits per heavy atom. The molecule has 0 fully saturated rings. The van der Waals surface area contributed by atoms with Crippen LogP contribution in [0.3, 0.4) is 0 Å². The van der Waals surface area contributed by atoms with Crippen molar-refractivity contribution in [3.8, 4) is 11.1 Å². The predicted molar refractivity (Wildman–Crippen MR) is 205 cm³/mol. The number of nitrogens with zero attached hydrogens (tertiary/aromatic N) is 2. The SMILES string of the molecule is C=C(c1ccc(C2=NC(c3ccccc3)=NC(c3ccc(-c4ccccc4)cc3)C2)cc1)c1sc2ccccc2c1C1CC=CC=C1C. The molecular weight excluding hydrogens is 601 g/mol. The van der Waals surface area contributed by atoms with E-state index in [1.807, 2.05) is 17.4 Å². The summed E-state index contributed by atoms with van der Waals surface area (Å²) in [6.45, 7) is 6.92. The average molecular weight is 637 g/mol. The lowest BCUT2D eigenvalue weighted by Crippen LogP contribution is -2.17. The lowest BCUT2D eigenvalue weighted by molar-refractivity contribution is 0.754. The van der Waals surface area contributed by atoms with E-state index in [2.05, 4.69) is 159 Å². The van der Waals surface area contributed by atoms with Crippen LogP contribution in [0.1, 0.15) is 64.4 Å². The maximum atomic E-state index is 5.17. The van der Waals surface area contributed by atoms with Crippen LogP contribution in [0.5, 0.6) is 0 Å². The lowest BCUT2D eigenvalue weighted by Gasteiger charge is -2.22. The maximum Gasteiger partial charge on any atom is 0.155 e. The molecule has 232 valence electrons. The van der Waals surface area contributed by atoms with Gasteiger partial charge in [0.1, 0.15) is 0 Å². The number of thiophene rings is 1. The van der Waals surface area contributed by atoms with Crippen LogP contribution in [-0.4, -0.2) is 11.5 Å². The van der Waals surface area contributed by atoms with Crippen LogP contribution in [0.4, 0.5) is 0 Å². The van der Waals surface area contributed by atoms with Crippen LogP contribution < -0.4 is 0 Å². The highest BCUT2D eigenvalue weighted by Crippen LogP contribution is 2.45. The molecule has 3 heteroatoms. The summed E-state index contributed by atoms with van der Waals surface area (Å²) in [7, 11) is 0. The first-order valence-corrected chi connectivity index (χ1v) is 17.4. The summed E-state index contributed by atoms with van der Waals surface area (Å²) in [5.74, 6) is 1.14. The Bertz CT molecular complexity index is 2230. The van der Waals surface area contributed by atoms with Crippen molar-refractivity contribution in [2.45, 2.75) is 31.7 Å². The minimum Gasteiger partial charge on any atom is -0.258 e. The number of hydrogen-bond acceptors (Lipinski definition) is 3. The number of fused-ring (bicyclic) bond motifs is 1. The Kier molecular flexibility index (Phi) is 8.13. The Hall–Kier alpha value is -5.38. The number of allylic oxidation sites excluding steroid dienone is 4. The third-order valence-corrected chi connectivity index (χ3v) is 10.8. The Morgan fingerprint density at radius 3 is 2.08 bits per heavy atom. The Morgan fingerprint density at radius 1 is 0.708 bits per heavy atom. The van der Waals surface area contributed by atoms with Gasteiger partial charge in [-0.3, -0.25) is 4.99 Å². The molecule has 2 heterocycles. The number of hydrogen-bond donors (Lipinski definition) is 0. The maximum absolute atomic E-state index is 5.17. The highest BCUT2D eigenvalue weighted by atomic mass is 32.1. The largest absolute Gasteiger partial charge is 0.258 e. The first kappa shape index (κ1) is 30.0. The van der Waals surface area contributed by atoms with Crippen LogP contribution in [-0.2, 0) is 0 Å². The van der Waals surface area contributed by atoms with Gasteiger partial charge in [-0.15, -0.1) is 11.3 Å². The van der Waals surface area contributed by atoms with E-state index in [9.17, 15) is 0 Å². The summed E-state index contributed by atoms with van der Waals surface area (Å²) in [4.78, 5) is 11.6. The van der Waals surface area contributed by atoms with Gasteiger partial charge in [0, 0.05) is 27.5 Å². The molecule has 0 radical (unpaired) electrons. The fourth-order valence-corrected chi connectivity index (χ4v) is 8.18. The first-order valence-electron chi connectivity index (χ1n) is 16.6. The van der Waals surface area contributed by atoms with Crippen molar-refractivity contribution in [3.05, 3.63) is 197 Å². The van der Waals surface area contributed by atoms with E-state index in [-0.39, 0.29) is 6.04 Å². The molecule has 0 bridgehead atoms. The molecule has 0 N–H and O–H groups in total. The van der Waals surface area contributed by atoms with Gasteiger partial charge in [-0.2, -0.15) is 0 Å². The van der Waals surface area contributed by atoms with Crippen LogP contribution in [0.15, 0.2) is 174 Å². The second kappa shape index (κ2) is 13.0. The van der Waals surface area contributed by atoms with Crippen molar-refractivity contribution < 1.29 is 0 Å². The average Bonchev–Trinajstić information content (AvgIpc) is 3.55. The van der Waals surface area contributed by atoms with Crippen molar-refractivity contribution >= 4 is 38.5 Å². The molecule has 2 unspecified atom stereocenters. The Balaban J connectivity index is 1.11. The predicted octanol–water partition coefficient (Wildman–Crippen LogP) is 12.0. The van der Waals surface area contributed by atoms with E-state index in [1.54, 1.807) is 0 Å². The highest BCUT2D eigenvalue weighted by Gasteiger charge is 2.25.